The summed E-state index contributed by atoms with van der Waals surface area (Å²) < 4.78 is 0. The molecule has 0 amide bonds. The molecule has 2 heteroatoms. The summed E-state index contributed by atoms with van der Waals surface area (Å²) in [5.74, 6) is 0.683. The summed E-state index contributed by atoms with van der Waals surface area (Å²) in [6, 6.07) is 8.94. The Hall–Kier alpha value is -1.31. The first kappa shape index (κ1) is 11.8. The fraction of sp³-hybridized carbons (Fsp3) is 0.562. The minimum absolute atomic E-state index is 0.0300. The number of para-hydroxylation sites is 1. The molecular weight excluding hydrogens is 222 g/mol. The Labute approximate surface area is 109 Å². The van der Waals surface area contributed by atoms with Crippen LogP contribution >= 0.6 is 0 Å². The lowest BCUT2D eigenvalue weighted by Gasteiger charge is -2.31. The number of ketones is 1. The topological polar surface area (TPSA) is 20.3 Å². The molecule has 1 aliphatic carbocycles. The van der Waals surface area contributed by atoms with Crippen molar-refractivity contribution >= 4 is 11.5 Å². The van der Waals surface area contributed by atoms with E-state index in [1.807, 2.05) is 0 Å². The maximum Gasteiger partial charge on any atom is 0.139 e. The Kier molecular flexibility index (Phi) is 2.51. The highest BCUT2D eigenvalue weighted by molar-refractivity contribution is 5.90. The van der Waals surface area contributed by atoms with E-state index in [2.05, 4.69) is 50.1 Å². The van der Waals surface area contributed by atoms with Crippen LogP contribution in [0.15, 0.2) is 24.3 Å². The van der Waals surface area contributed by atoms with Crippen molar-refractivity contribution in [3.8, 4) is 0 Å². The van der Waals surface area contributed by atoms with Gasteiger partial charge in [0.05, 0.1) is 0 Å². The van der Waals surface area contributed by atoms with Crippen LogP contribution in [0.25, 0.3) is 0 Å². The Bertz CT molecular complexity index is 496. The van der Waals surface area contributed by atoms with Crippen molar-refractivity contribution in [3.63, 3.8) is 0 Å². The summed E-state index contributed by atoms with van der Waals surface area (Å²) in [7, 11) is 2.15. The lowest BCUT2D eigenvalue weighted by molar-refractivity contribution is -0.121. The van der Waals surface area contributed by atoms with Crippen molar-refractivity contribution in [2.75, 3.05) is 11.9 Å². The molecule has 0 spiro atoms. The monoisotopic (exact) mass is 243 g/mol. The Balaban J connectivity index is 2.10. The van der Waals surface area contributed by atoms with Gasteiger partial charge in [-0.05, 0) is 18.1 Å². The second-order valence-electron chi connectivity index (χ2n) is 6.03. The molecule has 18 heavy (non-hydrogen) atoms. The fourth-order valence-electron chi connectivity index (χ4n) is 4.21. The van der Waals surface area contributed by atoms with E-state index < -0.39 is 0 Å². The van der Waals surface area contributed by atoms with Crippen molar-refractivity contribution in [1.82, 2.24) is 0 Å². The largest absolute Gasteiger partial charge is 0.370 e. The first-order chi connectivity index (χ1) is 8.59. The van der Waals surface area contributed by atoms with E-state index in [1.165, 1.54) is 11.3 Å². The zero-order chi connectivity index (χ0) is 12.9. The number of carbonyl (C=O) groups excluding carboxylic acids is 1. The van der Waals surface area contributed by atoms with Crippen LogP contribution in [0.4, 0.5) is 5.69 Å². The van der Waals surface area contributed by atoms with Gasteiger partial charge in [0.25, 0.3) is 0 Å². The van der Waals surface area contributed by atoms with E-state index in [4.69, 9.17) is 0 Å². The van der Waals surface area contributed by atoms with Gasteiger partial charge in [-0.25, -0.2) is 0 Å². The smallest absolute Gasteiger partial charge is 0.139 e. The number of likely N-dealkylation sites (N-methyl/N-ethyl adjacent to an activating group) is 1. The minimum Gasteiger partial charge on any atom is -0.370 e. The number of anilines is 1. The highest BCUT2D eigenvalue weighted by Crippen LogP contribution is 2.54. The molecule has 0 N–H and O–H groups in total. The average Bonchev–Trinajstić information content (AvgIpc) is 2.73. The molecule has 0 bridgehead atoms. The summed E-state index contributed by atoms with van der Waals surface area (Å²) in [6.45, 7) is 4.44. The van der Waals surface area contributed by atoms with Gasteiger partial charge in [0.15, 0.2) is 0 Å². The molecule has 1 heterocycles. The second kappa shape index (κ2) is 3.84. The molecule has 1 aromatic rings. The van der Waals surface area contributed by atoms with E-state index in [0.717, 1.165) is 12.8 Å². The Morgan fingerprint density at radius 1 is 1.39 bits per heavy atom. The third kappa shape index (κ3) is 1.32. The van der Waals surface area contributed by atoms with Gasteiger partial charge in [-0.1, -0.05) is 38.5 Å². The number of nitrogens with zero attached hydrogens (tertiary/aromatic N) is 1. The quantitative estimate of drug-likeness (QED) is 0.795. The zero-order valence-corrected chi connectivity index (χ0v) is 11.4. The zero-order valence-electron chi connectivity index (χ0n) is 11.4. The highest BCUT2D eigenvalue weighted by Gasteiger charge is 2.57. The van der Waals surface area contributed by atoms with Crippen LogP contribution in [0.3, 0.4) is 0 Å². The summed E-state index contributed by atoms with van der Waals surface area (Å²) in [5, 5.41) is 0. The van der Waals surface area contributed by atoms with E-state index in [1.54, 1.807) is 0 Å². The first-order valence-electron chi connectivity index (χ1n) is 6.94. The molecule has 0 saturated heterocycles. The summed E-state index contributed by atoms with van der Waals surface area (Å²) >= 11 is 0. The molecule has 3 rings (SSSR count). The Morgan fingerprint density at radius 3 is 2.83 bits per heavy atom. The first-order valence-corrected chi connectivity index (χ1v) is 6.94. The van der Waals surface area contributed by atoms with E-state index in [9.17, 15) is 4.79 Å². The van der Waals surface area contributed by atoms with Crippen LogP contribution in [0.2, 0.25) is 0 Å². The van der Waals surface area contributed by atoms with E-state index >= 15 is 0 Å². The molecule has 0 radical (unpaired) electrons. The van der Waals surface area contributed by atoms with Gasteiger partial charge >= 0.3 is 0 Å². The molecule has 2 unspecified atom stereocenters. The predicted octanol–water partition coefficient (Wildman–Crippen LogP) is 3.15. The molecule has 3 atom stereocenters. The maximum absolute atomic E-state index is 12.3. The van der Waals surface area contributed by atoms with Gasteiger partial charge < -0.3 is 4.90 Å². The average molecular weight is 243 g/mol. The normalized spacial score (nSPS) is 33.7. The van der Waals surface area contributed by atoms with Gasteiger partial charge in [-0.3, -0.25) is 4.79 Å². The molecule has 1 saturated carbocycles. The third-order valence-corrected chi connectivity index (χ3v) is 4.91. The molecule has 1 aromatic carbocycles. The molecule has 96 valence electrons. The van der Waals surface area contributed by atoms with Gasteiger partial charge in [0.1, 0.15) is 5.78 Å². The highest BCUT2D eigenvalue weighted by atomic mass is 16.1. The van der Waals surface area contributed by atoms with Gasteiger partial charge in [0, 0.05) is 36.5 Å². The summed E-state index contributed by atoms with van der Waals surface area (Å²) in [5.41, 5.74) is 2.71. The predicted molar refractivity (Wildman–Crippen MR) is 74.0 cm³/mol. The van der Waals surface area contributed by atoms with Crippen LogP contribution in [-0.2, 0) is 10.2 Å². The van der Waals surface area contributed by atoms with E-state index in [0.29, 0.717) is 18.2 Å². The van der Waals surface area contributed by atoms with Gasteiger partial charge in [-0.15, -0.1) is 0 Å². The van der Waals surface area contributed by atoms with Crippen LogP contribution in [0.1, 0.15) is 38.7 Å². The Morgan fingerprint density at radius 2 is 2.11 bits per heavy atom. The fourth-order valence-corrected chi connectivity index (χ4v) is 4.21. The maximum atomic E-state index is 12.3. The van der Waals surface area contributed by atoms with Crippen LogP contribution in [0.5, 0.6) is 0 Å². The second-order valence-corrected chi connectivity index (χ2v) is 6.03. The number of rotatable bonds is 2. The molecule has 2 aliphatic rings. The number of Topliss-reactive ketones (excluding diaryl/α,β-unsaturated/α-hetero) is 1. The van der Waals surface area contributed by atoms with Crippen molar-refractivity contribution in [1.29, 1.82) is 0 Å². The number of fused-ring (bicyclic) bond motifs is 3. The molecular formula is C16H21NO. The SMILES string of the molecule is CCCC1C(=O)CC2(C)c3ccccc3N(C)[C@@H]12. The van der Waals surface area contributed by atoms with Crippen LogP contribution in [-0.4, -0.2) is 18.9 Å². The van der Waals surface area contributed by atoms with Crippen molar-refractivity contribution in [3.05, 3.63) is 29.8 Å². The molecule has 2 nitrogen and oxygen atoms in total. The molecule has 0 aromatic heterocycles. The van der Waals surface area contributed by atoms with Crippen molar-refractivity contribution < 1.29 is 4.79 Å². The van der Waals surface area contributed by atoms with Crippen molar-refractivity contribution in [2.45, 2.75) is 44.6 Å². The van der Waals surface area contributed by atoms with Crippen molar-refractivity contribution in [2.24, 2.45) is 5.92 Å². The molecule has 1 aliphatic heterocycles. The number of benzene rings is 1. The lowest BCUT2D eigenvalue weighted by Crippen LogP contribution is -2.41. The summed E-state index contributed by atoms with van der Waals surface area (Å²) in [4.78, 5) is 14.7. The van der Waals surface area contributed by atoms with Crippen LogP contribution < -0.4 is 4.90 Å². The lowest BCUT2D eigenvalue weighted by atomic mass is 9.78. The van der Waals surface area contributed by atoms with E-state index in [-0.39, 0.29) is 11.3 Å². The van der Waals surface area contributed by atoms with Crippen LogP contribution in [0, 0.1) is 5.92 Å². The number of hydrogen-bond donors (Lipinski definition) is 0. The van der Waals surface area contributed by atoms with Gasteiger partial charge in [-0.2, -0.15) is 0 Å². The third-order valence-electron chi connectivity index (χ3n) is 4.91. The summed E-state index contributed by atoms with van der Waals surface area (Å²) in [6.07, 6.45) is 2.83. The molecule has 1 fully saturated rings. The van der Waals surface area contributed by atoms with Gasteiger partial charge in [0.2, 0.25) is 0 Å². The number of hydrogen-bond acceptors (Lipinski definition) is 2. The number of carbonyl (C=O) groups is 1. The standard InChI is InChI=1S/C16H21NO/c1-4-7-11-14(18)10-16(2)12-8-5-6-9-13(12)17(3)15(11)16/h5-6,8-9,11,15H,4,7,10H2,1-3H3/t11?,15-,16?/m0/s1. The minimum atomic E-state index is 0.0300.